The van der Waals surface area contributed by atoms with Crippen molar-refractivity contribution in [1.29, 1.82) is 0 Å². The first-order chi connectivity index (χ1) is 12.1. The van der Waals surface area contributed by atoms with E-state index in [9.17, 15) is 4.79 Å². The highest BCUT2D eigenvalue weighted by Crippen LogP contribution is 2.43. The first-order valence-corrected chi connectivity index (χ1v) is 9.63. The fourth-order valence-corrected chi connectivity index (χ4v) is 4.23. The van der Waals surface area contributed by atoms with Gasteiger partial charge in [-0.1, -0.05) is 15.9 Å². The van der Waals surface area contributed by atoms with Crippen LogP contribution in [0.5, 0.6) is 11.5 Å². The summed E-state index contributed by atoms with van der Waals surface area (Å²) in [5, 5.41) is 2.85. The number of amides is 2. The van der Waals surface area contributed by atoms with Gasteiger partial charge in [-0.05, 0) is 42.5 Å². The van der Waals surface area contributed by atoms with Crippen molar-refractivity contribution in [3.63, 3.8) is 0 Å². The molecule has 1 fully saturated rings. The molecule has 2 aromatic rings. The topological polar surface area (TPSA) is 50.8 Å². The van der Waals surface area contributed by atoms with Crippen molar-refractivity contribution in [2.24, 2.45) is 0 Å². The first kappa shape index (κ1) is 17.9. The first-order valence-electron chi connectivity index (χ1n) is 7.79. The van der Waals surface area contributed by atoms with E-state index in [1.807, 2.05) is 47.4 Å². The van der Waals surface area contributed by atoms with Crippen LogP contribution < -0.4 is 14.8 Å². The van der Waals surface area contributed by atoms with E-state index in [1.54, 1.807) is 26.0 Å². The van der Waals surface area contributed by atoms with Gasteiger partial charge in [0.25, 0.3) is 0 Å². The molecule has 3 rings (SSSR count). The number of carbonyl (C=O) groups is 1. The lowest BCUT2D eigenvalue weighted by Gasteiger charge is -2.26. The molecule has 1 aliphatic rings. The molecule has 1 atom stereocenters. The van der Waals surface area contributed by atoms with Crippen LogP contribution in [0.25, 0.3) is 0 Å². The number of thioether (sulfide) groups is 1. The van der Waals surface area contributed by atoms with Crippen LogP contribution in [-0.4, -0.2) is 37.4 Å². The van der Waals surface area contributed by atoms with Crippen molar-refractivity contribution in [3.05, 3.63) is 52.5 Å². The molecule has 0 saturated carbocycles. The van der Waals surface area contributed by atoms with Gasteiger partial charge in [0.15, 0.2) is 0 Å². The maximum Gasteiger partial charge on any atom is 0.323 e. The van der Waals surface area contributed by atoms with Crippen LogP contribution in [0.3, 0.4) is 0 Å². The number of hydrogen-bond acceptors (Lipinski definition) is 4. The van der Waals surface area contributed by atoms with E-state index in [1.165, 1.54) is 0 Å². The molecule has 0 radical (unpaired) electrons. The summed E-state index contributed by atoms with van der Waals surface area (Å²) >= 11 is 5.11. The lowest BCUT2D eigenvalue weighted by atomic mass is 10.1. The number of rotatable bonds is 4. The number of anilines is 1. The fourth-order valence-electron chi connectivity index (χ4n) is 2.70. The number of nitrogens with zero attached hydrogens (tertiary/aromatic N) is 1. The molecule has 132 valence electrons. The minimum absolute atomic E-state index is 0.111. The molecule has 0 spiro atoms. The molecule has 7 heteroatoms. The molecular formula is C18H19BrN2O3S. The summed E-state index contributed by atoms with van der Waals surface area (Å²) in [4.78, 5) is 14.6. The third-order valence-electron chi connectivity index (χ3n) is 3.95. The third-order valence-corrected chi connectivity index (χ3v) is 5.72. The summed E-state index contributed by atoms with van der Waals surface area (Å²) in [6, 6.07) is 13.1. The zero-order valence-corrected chi connectivity index (χ0v) is 16.4. The van der Waals surface area contributed by atoms with Crippen molar-refractivity contribution in [2.75, 3.05) is 31.8 Å². The summed E-state index contributed by atoms with van der Waals surface area (Å²) in [6.45, 7) is 0.679. The Morgan fingerprint density at radius 2 is 1.96 bits per heavy atom. The molecule has 1 aliphatic heterocycles. The quantitative estimate of drug-likeness (QED) is 0.772. The number of urea groups is 1. The Hall–Kier alpha value is -1.86. The van der Waals surface area contributed by atoms with Crippen molar-refractivity contribution in [3.8, 4) is 11.5 Å². The van der Waals surface area contributed by atoms with Crippen LogP contribution in [0.2, 0.25) is 0 Å². The molecule has 1 N–H and O–H groups in total. The highest BCUT2D eigenvalue weighted by Gasteiger charge is 2.33. The molecule has 25 heavy (non-hydrogen) atoms. The number of halogens is 1. The summed E-state index contributed by atoms with van der Waals surface area (Å²) in [5.41, 5.74) is 1.71. The molecule has 1 heterocycles. The Balaban J connectivity index is 1.82. The zero-order chi connectivity index (χ0) is 17.8. The van der Waals surface area contributed by atoms with Gasteiger partial charge in [0.2, 0.25) is 0 Å². The van der Waals surface area contributed by atoms with Crippen molar-refractivity contribution >= 4 is 39.4 Å². The maximum absolute atomic E-state index is 12.8. The Kier molecular flexibility index (Phi) is 5.75. The lowest BCUT2D eigenvalue weighted by Crippen LogP contribution is -2.34. The summed E-state index contributed by atoms with van der Waals surface area (Å²) in [5.74, 6) is 2.37. The summed E-state index contributed by atoms with van der Waals surface area (Å²) < 4.78 is 11.8. The largest absolute Gasteiger partial charge is 0.497 e. The van der Waals surface area contributed by atoms with Gasteiger partial charge in [-0.15, -0.1) is 11.8 Å². The Labute approximate surface area is 159 Å². The number of ether oxygens (including phenoxy) is 2. The third kappa shape index (κ3) is 4.04. The number of methoxy groups -OCH3 is 2. The SMILES string of the molecule is COc1ccc(OC)c([C@H]2SCCN2C(=O)Nc2ccc(Br)cc2)c1. The van der Waals surface area contributed by atoms with Crippen LogP contribution in [-0.2, 0) is 0 Å². The molecular weight excluding hydrogens is 404 g/mol. The second-order valence-corrected chi connectivity index (χ2v) is 7.57. The smallest absolute Gasteiger partial charge is 0.323 e. The monoisotopic (exact) mass is 422 g/mol. The van der Waals surface area contributed by atoms with E-state index in [4.69, 9.17) is 9.47 Å². The molecule has 1 saturated heterocycles. The van der Waals surface area contributed by atoms with Gasteiger partial charge in [-0.25, -0.2) is 4.79 Å². The van der Waals surface area contributed by atoms with E-state index >= 15 is 0 Å². The summed E-state index contributed by atoms with van der Waals surface area (Å²) in [6.07, 6.45) is 0. The maximum atomic E-state index is 12.8. The molecule has 0 aliphatic carbocycles. The second-order valence-electron chi connectivity index (χ2n) is 5.46. The molecule has 0 aromatic heterocycles. The predicted octanol–water partition coefficient (Wildman–Crippen LogP) is 4.75. The molecule has 2 amide bonds. The van der Waals surface area contributed by atoms with Crippen LogP contribution >= 0.6 is 27.7 Å². The second kappa shape index (κ2) is 8.01. The molecule has 0 bridgehead atoms. The van der Waals surface area contributed by atoms with E-state index in [2.05, 4.69) is 21.2 Å². The van der Waals surface area contributed by atoms with E-state index < -0.39 is 0 Å². The van der Waals surface area contributed by atoms with Crippen LogP contribution in [0.1, 0.15) is 10.9 Å². The van der Waals surface area contributed by atoms with Crippen molar-refractivity contribution < 1.29 is 14.3 Å². The van der Waals surface area contributed by atoms with Gasteiger partial charge in [-0.2, -0.15) is 0 Å². The molecule has 2 aromatic carbocycles. The van der Waals surface area contributed by atoms with Gasteiger partial charge in [0, 0.05) is 28.0 Å². The van der Waals surface area contributed by atoms with Gasteiger partial charge in [-0.3, -0.25) is 0 Å². The van der Waals surface area contributed by atoms with Crippen LogP contribution in [0.4, 0.5) is 10.5 Å². The Bertz CT molecular complexity index is 754. The molecule has 0 unspecified atom stereocenters. The number of carbonyl (C=O) groups excluding carboxylic acids is 1. The van der Waals surface area contributed by atoms with Gasteiger partial charge in [0.1, 0.15) is 16.9 Å². The standard InChI is InChI=1S/C18H19BrN2O3S/c1-23-14-7-8-16(24-2)15(11-14)17-21(9-10-25-17)18(22)20-13-5-3-12(19)4-6-13/h3-8,11,17H,9-10H2,1-2H3,(H,20,22)/t17-/m1/s1. The normalized spacial score (nSPS) is 16.6. The minimum atomic E-state index is -0.123. The Morgan fingerprint density at radius 1 is 1.20 bits per heavy atom. The minimum Gasteiger partial charge on any atom is -0.497 e. The lowest BCUT2D eigenvalue weighted by molar-refractivity contribution is 0.213. The van der Waals surface area contributed by atoms with Crippen LogP contribution in [0, 0.1) is 0 Å². The van der Waals surface area contributed by atoms with Crippen molar-refractivity contribution in [1.82, 2.24) is 4.90 Å². The van der Waals surface area contributed by atoms with E-state index in [0.717, 1.165) is 33.0 Å². The van der Waals surface area contributed by atoms with E-state index in [0.29, 0.717) is 6.54 Å². The highest BCUT2D eigenvalue weighted by atomic mass is 79.9. The predicted molar refractivity (Wildman–Crippen MR) is 105 cm³/mol. The molecule has 5 nitrogen and oxygen atoms in total. The van der Waals surface area contributed by atoms with Crippen molar-refractivity contribution in [2.45, 2.75) is 5.37 Å². The van der Waals surface area contributed by atoms with E-state index in [-0.39, 0.29) is 11.4 Å². The number of hydrogen-bond donors (Lipinski definition) is 1. The summed E-state index contributed by atoms with van der Waals surface area (Å²) in [7, 11) is 3.27. The average molecular weight is 423 g/mol. The van der Waals surface area contributed by atoms with Gasteiger partial charge < -0.3 is 19.7 Å². The fraction of sp³-hybridized carbons (Fsp3) is 0.278. The number of nitrogens with one attached hydrogen (secondary N) is 1. The average Bonchev–Trinajstić information content (AvgIpc) is 3.12. The van der Waals surface area contributed by atoms with Crippen LogP contribution in [0.15, 0.2) is 46.9 Å². The zero-order valence-electron chi connectivity index (χ0n) is 14.0. The highest BCUT2D eigenvalue weighted by molar-refractivity contribution is 9.10. The van der Waals surface area contributed by atoms with Gasteiger partial charge in [0.05, 0.1) is 14.2 Å². The van der Waals surface area contributed by atoms with Gasteiger partial charge >= 0.3 is 6.03 Å². The Morgan fingerprint density at radius 3 is 2.64 bits per heavy atom. The number of benzene rings is 2.